The zero-order valence-corrected chi connectivity index (χ0v) is 12.3. The fraction of sp³-hybridized carbons (Fsp3) is 0.600. The van der Waals surface area contributed by atoms with Crippen molar-refractivity contribution in [1.82, 2.24) is 5.32 Å². The molecule has 0 radical (unpaired) electrons. The van der Waals surface area contributed by atoms with Crippen molar-refractivity contribution in [3.63, 3.8) is 0 Å². The number of nitrogens with one attached hydrogen (secondary N) is 1. The number of halogens is 1. The number of rotatable bonds is 4. The molecule has 1 atom stereocenters. The molecule has 3 N–H and O–H groups in total. The minimum Gasteiger partial charge on any atom is -0.329 e. The van der Waals surface area contributed by atoms with Gasteiger partial charge in [0.25, 0.3) is 0 Å². The van der Waals surface area contributed by atoms with E-state index in [1.807, 2.05) is 0 Å². The Hall–Kier alpha value is -0.380. The number of hydrogen-bond donors (Lipinski definition) is 2. The molecular weight excluding hydrogens is 288 g/mol. The van der Waals surface area contributed by atoms with Crippen LogP contribution in [0.2, 0.25) is 0 Å². The summed E-state index contributed by atoms with van der Waals surface area (Å²) in [5.74, 6) is 0.916. The molecule has 0 heterocycles. The van der Waals surface area contributed by atoms with Gasteiger partial charge in [-0.2, -0.15) is 0 Å². The van der Waals surface area contributed by atoms with Gasteiger partial charge < -0.3 is 11.1 Å². The van der Waals surface area contributed by atoms with E-state index in [0.717, 1.165) is 31.8 Å². The number of nitrogens with two attached hydrogens (primary N) is 1. The third-order valence-corrected chi connectivity index (χ3v) is 4.92. The zero-order valence-electron chi connectivity index (χ0n) is 10.7. The normalized spacial score (nSPS) is 27.0. The van der Waals surface area contributed by atoms with Crippen LogP contribution in [0.3, 0.4) is 0 Å². The van der Waals surface area contributed by atoms with Crippen LogP contribution >= 0.6 is 15.9 Å². The first-order chi connectivity index (χ1) is 8.71. The van der Waals surface area contributed by atoms with Crippen LogP contribution in [0.25, 0.3) is 0 Å². The Balaban J connectivity index is 1.75. The molecule has 0 saturated heterocycles. The van der Waals surface area contributed by atoms with E-state index in [1.165, 1.54) is 34.9 Å². The summed E-state index contributed by atoms with van der Waals surface area (Å²) >= 11 is 3.55. The molecule has 0 aromatic heterocycles. The molecule has 0 aliphatic heterocycles. The maximum Gasteiger partial charge on any atom is 0.0347 e. The van der Waals surface area contributed by atoms with Crippen molar-refractivity contribution in [2.45, 2.75) is 37.6 Å². The molecular formula is C15H21BrN2. The van der Waals surface area contributed by atoms with E-state index in [4.69, 9.17) is 5.73 Å². The van der Waals surface area contributed by atoms with E-state index in [0.29, 0.717) is 0 Å². The molecule has 1 fully saturated rings. The minimum absolute atomic E-state index is 0.142. The highest BCUT2D eigenvalue weighted by Gasteiger charge is 2.34. The molecule has 0 spiro atoms. The highest BCUT2D eigenvalue weighted by Crippen LogP contribution is 2.32. The lowest BCUT2D eigenvalue weighted by Crippen LogP contribution is -2.55. The molecule has 2 aliphatic carbocycles. The van der Waals surface area contributed by atoms with E-state index < -0.39 is 0 Å². The summed E-state index contributed by atoms with van der Waals surface area (Å²) < 4.78 is 1.19. The van der Waals surface area contributed by atoms with Gasteiger partial charge in [0.1, 0.15) is 0 Å². The van der Waals surface area contributed by atoms with Crippen molar-refractivity contribution in [1.29, 1.82) is 0 Å². The number of benzene rings is 1. The molecule has 2 aliphatic rings. The minimum atomic E-state index is 0.142. The van der Waals surface area contributed by atoms with Gasteiger partial charge in [-0.25, -0.2) is 0 Å². The van der Waals surface area contributed by atoms with Crippen molar-refractivity contribution in [3.8, 4) is 0 Å². The molecule has 1 aromatic rings. The smallest absolute Gasteiger partial charge is 0.0347 e. The van der Waals surface area contributed by atoms with E-state index in [9.17, 15) is 0 Å². The Morgan fingerprint density at radius 1 is 1.33 bits per heavy atom. The van der Waals surface area contributed by atoms with Gasteiger partial charge in [-0.3, -0.25) is 0 Å². The fourth-order valence-electron chi connectivity index (χ4n) is 2.91. The van der Waals surface area contributed by atoms with Crippen LogP contribution in [0.5, 0.6) is 0 Å². The monoisotopic (exact) mass is 308 g/mol. The second-order valence-corrected chi connectivity index (χ2v) is 6.81. The second kappa shape index (κ2) is 4.95. The van der Waals surface area contributed by atoms with Crippen molar-refractivity contribution < 1.29 is 0 Å². The second-order valence-electron chi connectivity index (χ2n) is 5.90. The first-order valence-corrected chi connectivity index (χ1v) is 7.72. The summed E-state index contributed by atoms with van der Waals surface area (Å²) in [7, 11) is 0. The van der Waals surface area contributed by atoms with Gasteiger partial charge in [-0.15, -0.1) is 0 Å². The van der Waals surface area contributed by atoms with Crippen LogP contribution in [-0.4, -0.2) is 18.6 Å². The lowest BCUT2D eigenvalue weighted by atomic mass is 9.78. The zero-order chi connectivity index (χ0) is 12.6. The fourth-order valence-corrected chi connectivity index (χ4v) is 3.32. The van der Waals surface area contributed by atoms with Gasteiger partial charge in [0.05, 0.1) is 0 Å². The average molecular weight is 309 g/mol. The Bertz CT molecular complexity index is 442. The van der Waals surface area contributed by atoms with Crippen molar-refractivity contribution in [2.24, 2.45) is 11.7 Å². The Morgan fingerprint density at radius 2 is 2.17 bits per heavy atom. The predicted molar refractivity (Wildman–Crippen MR) is 78.7 cm³/mol. The Kier molecular flexibility index (Phi) is 3.48. The van der Waals surface area contributed by atoms with Gasteiger partial charge in [-0.05, 0) is 67.8 Å². The summed E-state index contributed by atoms with van der Waals surface area (Å²) in [6.07, 6.45) is 6.19. The maximum absolute atomic E-state index is 6.06. The number of fused-ring (bicyclic) bond motifs is 1. The summed E-state index contributed by atoms with van der Waals surface area (Å²) in [5, 5.41) is 3.77. The van der Waals surface area contributed by atoms with Crippen LogP contribution < -0.4 is 11.1 Å². The van der Waals surface area contributed by atoms with Crippen LogP contribution in [0.4, 0.5) is 0 Å². The molecule has 0 amide bonds. The molecule has 1 unspecified atom stereocenters. The highest BCUT2D eigenvalue weighted by atomic mass is 79.9. The lowest BCUT2D eigenvalue weighted by molar-refractivity contribution is 0.290. The van der Waals surface area contributed by atoms with E-state index >= 15 is 0 Å². The topological polar surface area (TPSA) is 38.0 Å². The largest absolute Gasteiger partial charge is 0.329 e. The predicted octanol–water partition coefficient (Wildman–Crippen LogP) is 2.63. The molecule has 1 aromatic carbocycles. The number of hydrogen-bond acceptors (Lipinski definition) is 2. The highest BCUT2D eigenvalue weighted by molar-refractivity contribution is 9.10. The van der Waals surface area contributed by atoms with E-state index in [-0.39, 0.29) is 5.54 Å². The van der Waals surface area contributed by atoms with Crippen molar-refractivity contribution in [3.05, 3.63) is 33.8 Å². The molecule has 3 rings (SSSR count). The Labute approximate surface area is 117 Å². The van der Waals surface area contributed by atoms with Gasteiger partial charge in [-0.1, -0.05) is 22.0 Å². The molecule has 98 valence electrons. The van der Waals surface area contributed by atoms with Gasteiger partial charge in [0, 0.05) is 16.6 Å². The average Bonchev–Trinajstić information content (AvgIpc) is 3.20. The van der Waals surface area contributed by atoms with Crippen LogP contribution in [0.15, 0.2) is 22.7 Å². The molecule has 2 nitrogen and oxygen atoms in total. The van der Waals surface area contributed by atoms with Crippen LogP contribution in [0.1, 0.15) is 30.4 Å². The number of aryl methyl sites for hydroxylation is 1. The summed E-state index contributed by atoms with van der Waals surface area (Å²) in [5.41, 5.74) is 9.16. The van der Waals surface area contributed by atoms with Gasteiger partial charge >= 0.3 is 0 Å². The van der Waals surface area contributed by atoms with E-state index in [1.54, 1.807) is 0 Å². The van der Waals surface area contributed by atoms with Gasteiger partial charge in [0.15, 0.2) is 0 Å². The standard InChI is InChI=1S/C15H21BrN2/c16-14-4-3-13-8-15(10-17,6-5-12(13)7-14)18-9-11-1-2-11/h3-4,7,11,18H,1-2,5-6,8-10,17H2. The lowest BCUT2D eigenvalue weighted by Gasteiger charge is -2.38. The third-order valence-electron chi connectivity index (χ3n) is 4.42. The molecule has 3 heteroatoms. The van der Waals surface area contributed by atoms with Crippen molar-refractivity contribution in [2.75, 3.05) is 13.1 Å². The summed E-state index contributed by atoms with van der Waals surface area (Å²) in [6, 6.07) is 6.66. The van der Waals surface area contributed by atoms with Crippen LogP contribution in [0, 0.1) is 5.92 Å². The third kappa shape index (κ3) is 2.63. The van der Waals surface area contributed by atoms with E-state index in [2.05, 4.69) is 39.4 Å². The summed E-state index contributed by atoms with van der Waals surface area (Å²) in [6.45, 7) is 1.90. The van der Waals surface area contributed by atoms with Gasteiger partial charge in [0.2, 0.25) is 0 Å². The summed E-state index contributed by atoms with van der Waals surface area (Å²) in [4.78, 5) is 0. The Morgan fingerprint density at radius 3 is 2.89 bits per heavy atom. The SMILES string of the molecule is NCC1(NCC2CC2)CCc2cc(Br)ccc2C1. The quantitative estimate of drug-likeness (QED) is 0.897. The first kappa shape index (κ1) is 12.6. The molecule has 0 bridgehead atoms. The van der Waals surface area contributed by atoms with Crippen LogP contribution in [-0.2, 0) is 12.8 Å². The molecule has 1 saturated carbocycles. The molecule has 18 heavy (non-hydrogen) atoms. The first-order valence-electron chi connectivity index (χ1n) is 6.93. The maximum atomic E-state index is 6.06. The van der Waals surface area contributed by atoms with Crippen molar-refractivity contribution >= 4 is 15.9 Å².